The largest absolute Gasteiger partial charge is 0.444 e. The highest BCUT2D eigenvalue weighted by atomic mass is 32.1. The van der Waals surface area contributed by atoms with Crippen molar-refractivity contribution >= 4 is 39.0 Å². The van der Waals surface area contributed by atoms with Gasteiger partial charge in [-0.05, 0) is 45.1 Å². The van der Waals surface area contributed by atoms with Crippen LogP contribution >= 0.6 is 11.3 Å². The molecule has 0 radical (unpaired) electrons. The highest BCUT2D eigenvalue weighted by Gasteiger charge is 2.26. The van der Waals surface area contributed by atoms with E-state index in [-0.39, 0.29) is 12.1 Å². The Kier molecular flexibility index (Phi) is 4.54. The number of hydrogen-bond donors (Lipinski definition) is 2. The summed E-state index contributed by atoms with van der Waals surface area (Å²) in [7, 11) is 0. The van der Waals surface area contributed by atoms with Crippen molar-refractivity contribution < 1.29 is 9.53 Å². The Bertz CT molecular complexity index is 738. The van der Waals surface area contributed by atoms with Crippen molar-refractivity contribution in [3.8, 4) is 0 Å². The zero-order chi connectivity index (χ0) is 17.3. The number of nitrogens with two attached hydrogens (primary N) is 1. The highest BCUT2D eigenvalue weighted by molar-refractivity contribution is 7.17. The first-order valence-electron chi connectivity index (χ1n) is 8.19. The lowest BCUT2D eigenvalue weighted by Gasteiger charge is -2.35. The second kappa shape index (κ2) is 6.47. The van der Waals surface area contributed by atoms with Crippen LogP contribution in [0.5, 0.6) is 0 Å². The van der Waals surface area contributed by atoms with Gasteiger partial charge in [0.2, 0.25) is 0 Å². The molecule has 7 heteroatoms. The highest BCUT2D eigenvalue weighted by Crippen LogP contribution is 2.36. The van der Waals surface area contributed by atoms with Gasteiger partial charge in [0.05, 0.1) is 27.8 Å². The first-order valence-corrected chi connectivity index (χ1v) is 9.07. The number of carbonyl (C=O) groups excluding carboxylic acids is 1. The van der Waals surface area contributed by atoms with E-state index in [0.717, 1.165) is 41.8 Å². The first-order chi connectivity index (χ1) is 11.3. The number of nitrogen functional groups attached to an aromatic ring is 1. The molecule has 1 unspecified atom stereocenters. The van der Waals surface area contributed by atoms with Crippen molar-refractivity contribution in [2.75, 3.05) is 23.7 Å². The standard InChI is InChI=1S/C17H24N4O2S/c1-17(2,3)23-16(22)20-11-5-4-7-21(10-11)14-12(18)9-19-13-6-8-24-15(13)14/h6,8-9,11H,4-5,7,10,18H2,1-3H3,(H,20,22). The van der Waals surface area contributed by atoms with Crippen molar-refractivity contribution in [2.24, 2.45) is 0 Å². The van der Waals surface area contributed by atoms with Gasteiger partial charge in [0.15, 0.2) is 0 Å². The minimum atomic E-state index is -0.489. The minimum Gasteiger partial charge on any atom is -0.444 e. The molecule has 0 aromatic carbocycles. The van der Waals surface area contributed by atoms with Crippen LogP contribution in [0, 0.1) is 0 Å². The number of carbonyl (C=O) groups is 1. The Balaban J connectivity index is 1.74. The summed E-state index contributed by atoms with van der Waals surface area (Å²) >= 11 is 1.65. The third kappa shape index (κ3) is 3.72. The van der Waals surface area contributed by atoms with Gasteiger partial charge < -0.3 is 20.7 Å². The second-order valence-electron chi connectivity index (χ2n) is 7.13. The molecule has 2 aromatic rings. The fourth-order valence-corrected chi connectivity index (χ4v) is 3.94. The molecular weight excluding hydrogens is 324 g/mol. The summed E-state index contributed by atoms with van der Waals surface area (Å²) < 4.78 is 6.47. The molecule has 1 saturated heterocycles. The Morgan fingerprint density at radius 2 is 2.29 bits per heavy atom. The van der Waals surface area contributed by atoms with Crippen LogP contribution in [-0.2, 0) is 4.74 Å². The van der Waals surface area contributed by atoms with Crippen LogP contribution in [0.1, 0.15) is 33.6 Å². The maximum Gasteiger partial charge on any atom is 0.407 e. The number of pyridine rings is 1. The lowest BCUT2D eigenvalue weighted by Crippen LogP contribution is -2.49. The topological polar surface area (TPSA) is 80.5 Å². The van der Waals surface area contributed by atoms with Crippen molar-refractivity contribution in [2.45, 2.75) is 45.3 Å². The average molecular weight is 348 g/mol. The molecule has 0 spiro atoms. The fraction of sp³-hybridized carbons (Fsp3) is 0.529. The van der Waals surface area contributed by atoms with E-state index in [0.29, 0.717) is 5.69 Å². The summed E-state index contributed by atoms with van der Waals surface area (Å²) in [6, 6.07) is 2.06. The Labute approximate surface area is 146 Å². The number of hydrogen-bond acceptors (Lipinski definition) is 6. The summed E-state index contributed by atoms with van der Waals surface area (Å²) in [5.41, 5.74) is 8.39. The zero-order valence-corrected chi connectivity index (χ0v) is 15.2. The molecule has 24 heavy (non-hydrogen) atoms. The van der Waals surface area contributed by atoms with E-state index >= 15 is 0 Å². The Morgan fingerprint density at radius 1 is 1.50 bits per heavy atom. The summed E-state index contributed by atoms with van der Waals surface area (Å²) in [6.45, 7) is 7.25. The number of nitrogens with zero attached hydrogens (tertiary/aromatic N) is 2. The van der Waals surface area contributed by atoms with Crippen LogP contribution in [0.15, 0.2) is 17.6 Å². The molecular formula is C17H24N4O2S. The third-order valence-electron chi connectivity index (χ3n) is 3.93. The molecule has 1 amide bonds. The van der Waals surface area contributed by atoms with E-state index in [1.165, 1.54) is 0 Å². The maximum atomic E-state index is 12.0. The van der Waals surface area contributed by atoms with Crippen LogP contribution in [0.4, 0.5) is 16.2 Å². The summed E-state index contributed by atoms with van der Waals surface area (Å²) in [5, 5.41) is 5.01. The minimum absolute atomic E-state index is 0.0520. The molecule has 3 heterocycles. The average Bonchev–Trinajstić information content (AvgIpc) is 2.93. The zero-order valence-electron chi connectivity index (χ0n) is 14.3. The van der Waals surface area contributed by atoms with Gasteiger partial charge in [-0.2, -0.15) is 0 Å². The Hall–Kier alpha value is -2.02. The maximum absolute atomic E-state index is 12.0. The molecule has 2 aromatic heterocycles. The van der Waals surface area contributed by atoms with Gasteiger partial charge in [-0.25, -0.2) is 4.79 Å². The van der Waals surface area contributed by atoms with E-state index in [1.807, 2.05) is 32.2 Å². The number of thiophene rings is 1. The normalized spacial score (nSPS) is 18.6. The molecule has 3 N–H and O–H groups in total. The quantitative estimate of drug-likeness (QED) is 0.870. The van der Waals surface area contributed by atoms with Crippen molar-refractivity contribution in [3.05, 3.63) is 17.6 Å². The molecule has 1 aliphatic heterocycles. The van der Waals surface area contributed by atoms with Crippen LogP contribution in [0.3, 0.4) is 0 Å². The summed E-state index contributed by atoms with van der Waals surface area (Å²) in [5.74, 6) is 0. The molecule has 3 rings (SSSR count). The molecule has 1 atom stereocenters. The van der Waals surface area contributed by atoms with Crippen molar-refractivity contribution in [1.82, 2.24) is 10.3 Å². The number of amides is 1. The number of piperidine rings is 1. The van der Waals surface area contributed by atoms with Gasteiger partial charge in [-0.3, -0.25) is 4.98 Å². The van der Waals surface area contributed by atoms with Crippen LogP contribution < -0.4 is 16.0 Å². The predicted octanol–water partition coefficient (Wildman–Crippen LogP) is 3.37. The number of ether oxygens (including phenoxy) is 1. The summed E-state index contributed by atoms with van der Waals surface area (Å²) in [6.07, 6.45) is 3.29. The van der Waals surface area contributed by atoms with E-state index in [4.69, 9.17) is 10.5 Å². The number of nitrogens with one attached hydrogen (secondary N) is 1. The van der Waals surface area contributed by atoms with Gasteiger partial charge in [0.1, 0.15) is 5.60 Å². The second-order valence-corrected chi connectivity index (χ2v) is 8.04. The molecule has 130 valence electrons. The Morgan fingerprint density at radius 3 is 3.04 bits per heavy atom. The van der Waals surface area contributed by atoms with E-state index in [2.05, 4.69) is 15.2 Å². The fourth-order valence-electron chi connectivity index (χ4n) is 3.01. The number of anilines is 2. The number of aromatic nitrogens is 1. The molecule has 1 fully saturated rings. The van der Waals surface area contributed by atoms with Crippen LogP contribution in [-0.4, -0.2) is 35.8 Å². The van der Waals surface area contributed by atoms with Crippen molar-refractivity contribution in [3.63, 3.8) is 0 Å². The van der Waals surface area contributed by atoms with Crippen molar-refractivity contribution in [1.29, 1.82) is 0 Å². The van der Waals surface area contributed by atoms with Gasteiger partial charge in [0.25, 0.3) is 0 Å². The van der Waals surface area contributed by atoms with Crippen LogP contribution in [0.25, 0.3) is 10.2 Å². The third-order valence-corrected chi connectivity index (χ3v) is 4.84. The molecule has 0 aliphatic carbocycles. The summed E-state index contributed by atoms with van der Waals surface area (Å²) in [4.78, 5) is 18.6. The smallest absolute Gasteiger partial charge is 0.407 e. The number of alkyl carbamates (subject to hydrolysis) is 1. The van der Waals surface area contributed by atoms with E-state index < -0.39 is 5.60 Å². The molecule has 6 nitrogen and oxygen atoms in total. The molecule has 0 bridgehead atoms. The van der Waals surface area contributed by atoms with E-state index in [9.17, 15) is 4.79 Å². The molecule has 1 aliphatic rings. The predicted molar refractivity (Wildman–Crippen MR) is 98.6 cm³/mol. The number of rotatable bonds is 2. The lowest BCUT2D eigenvalue weighted by atomic mass is 10.0. The monoisotopic (exact) mass is 348 g/mol. The van der Waals surface area contributed by atoms with Gasteiger partial charge >= 0.3 is 6.09 Å². The first kappa shape index (κ1) is 16.8. The lowest BCUT2D eigenvalue weighted by molar-refractivity contribution is 0.0500. The molecule has 0 saturated carbocycles. The number of fused-ring (bicyclic) bond motifs is 1. The van der Waals surface area contributed by atoms with Crippen LogP contribution in [0.2, 0.25) is 0 Å². The van der Waals surface area contributed by atoms with Gasteiger partial charge in [-0.1, -0.05) is 0 Å². The van der Waals surface area contributed by atoms with Gasteiger partial charge in [0, 0.05) is 19.1 Å². The SMILES string of the molecule is CC(C)(C)OC(=O)NC1CCCN(c2c(N)cnc3ccsc23)C1. The van der Waals surface area contributed by atoms with E-state index in [1.54, 1.807) is 17.5 Å². The van der Waals surface area contributed by atoms with Gasteiger partial charge in [-0.15, -0.1) is 11.3 Å².